The Morgan fingerprint density at radius 3 is 2.53 bits per heavy atom. The molecule has 0 spiro atoms. The summed E-state index contributed by atoms with van der Waals surface area (Å²) in [5.74, 6) is 1.06. The van der Waals surface area contributed by atoms with Crippen molar-refractivity contribution in [3.63, 3.8) is 0 Å². The number of β-amino-alcohol motifs (C(OH)–C–C–N with tert-alkyl or cyclic N) is 1. The van der Waals surface area contributed by atoms with Crippen molar-refractivity contribution < 1.29 is 9.90 Å². The van der Waals surface area contributed by atoms with Crippen LogP contribution in [0.25, 0.3) is 0 Å². The van der Waals surface area contributed by atoms with E-state index in [0.29, 0.717) is 12.5 Å². The fourth-order valence-corrected chi connectivity index (χ4v) is 3.06. The number of nitrogens with zero attached hydrogens (tertiary/aromatic N) is 1. The molecule has 2 aliphatic rings. The van der Waals surface area contributed by atoms with Crippen LogP contribution in [-0.4, -0.2) is 41.7 Å². The van der Waals surface area contributed by atoms with E-state index < -0.39 is 0 Å². The van der Waals surface area contributed by atoms with Gasteiger partial charge in [0.2, 0.25) is 5.91 Å². The third-order valence-corrected chi connectivity index (χ3v) is 4.24. The number of rotatable bonds is 2. The van der Waals surface area contributed by atoms with Gasteiger partial charge >= 0.3 is 0 Å². The first-order valence-electron chi connectivity index (χ1n) is 6.87. The third-order valence-electron chi connectivity index (χ3n) is 4.24. The van der Waals surface area contributed by atoms with E-state index in [9.17, 15) is 9.90 Å². The van der Waals surface area contributed by atoms with E-state index in [0.717, 1.165) is 51.6 Å². The molecule has 2 fully saturated rings. The Kier molecular flexibility index (Phi) is 4.40. The quantitative estimate of drug-likeness (QED) is 0.748. The lowest BCUT2D eigenvalue weighted by atomic mass is 9.81. The molecule has 1 aliphatic heterocycles. The maximum atomic E-state index is 12.3. The molecular weight excluding hydrogens is 216 g/mol. The summed E-state index contributed by atoms with van der Waals surface area (Å²) in [5, 5.41) is 9.60. The molecule has 0 bridgehead atoms. The smallest absolute Gasteiger partial charge is 0.225 e. The number of piperidine rings is 1. The van der Waals surface area contributed by atoms with Crippen LogP contribution in [0.5, 0.6) is 0 Å². The molecule has 4 nitrogen and oxygen atoms in total. The molecule has 0 aromatic rings. The molecule has 1 saturated carbocycles. The maximum Gasteiger partial charge on any atom is 0.225 e. The number of amides is 1. The average molecular weight is 240 g/mol. The molecule has 0 aromatic carbocycles. The van der Waals surface area contributed by atoms with Crippen molar-refractivity contribution in [2.75, 3.05) is 19.6 Å². The van der Waals surface area contributed by atoms with Crippen molar-refractivity contribution in [3.05, 3.63) is 0 Å². The standard InChI is InChI=1S/C13H24N2O2/c14-8-10-3-5-11(6-4-10)13(17)15-7-1-2-12(16)9-15/h10-12,16H,1-9,14H2. The molecule has 0 radical (unpaired) electrons. The molecule has 17 heavy (non-hydrogen) atoms. The van der Waals surface area contributed by atoms with Crippen LogP contribution >= 0.6 is 0 Å². The molecule has 1 aliphatic carbocycles. The van der Waals surface area contributed by atoms with Crippen LogP contribution in [0.3, 0.4) is 0 Å². The highest BCUT2D eigenvalue weighted by atomic mass is 16.3. The van der Waals surface area contributed by atoms with Gasteiger partial charge in [0.15, 0.2) is 0 Å². The fourth-order valence-electron chi connectivity index (χ4n) is 3.06. The van der Waals surface area contributed by atoms with E-state index in [1.807, 2.05) is 4.90 Å². The first-order chi connectivity index (χ1) is 8.20. The largest absolute Gasteiger partial charge is 0.391 e. The Hall–Kier alpha value is -0.610. The second kappa shape index (κ2) is 5.83. The summed E-state index contributed by atoms with van der Waals surface area (Å²) in [5.41, 5.74) is 5.66. The van der Waals surface area contributed by atoms with Crippen molar-refractivity contribution in [1.82, 2.24) is 4.90 Å². The molecule has 1 atom stereocenters. The molecule has 4 heteroatoms. The monoisotopic (exact) mass is 240 g/mol. The Balaban J connectivity index is 1.83. The van der Waals surface area contributed by atoms with E-state index in [-0.39, 0.29) is 17.9 Å². The zero-order chi connectivity index (χ0) is 12.3. The molecule has 1 saturated heterocycles. The Morgan fingerprint density at radius 2 is 1.94 bits per heavy atom. The zero-order valence-corrected chi connectivity index (χ0v) is 10.5. The van der Waals surface area contributed by atoms with E-state index in [4.69, 9.17) is 5.73 Å². The van der Waals surface area contributed by atoms with E-state index in [1.165, 1.54) is 0 Å². The normalized spacial score (nSPS) is 34.7. The Morgan fingerprint density at radius 1 is 1.24 bits per heavy atom. The SMILES string of the molecule is NCC1CCC(C(=O)N2CCCC(O)C2)CC1. The number of aliphatic hydroxyl groups is 1. The lowest BCUT2D eigenvalue weighted by Gasteiger charge is -2.35. The van der Waals surface area contributed by atoms with E-state index in [1.54, 1.807) is 0 Å². The summed E-state index contributed by atoms with van der Waals surface area (Å²) in [6, 6.07) is 0. The zero-order valence-electron chi connectivity index (χ0n) is 10.5. The molecule has 1 unspecified atom stereocenters. The third kappa shape index (κ3) is 3.19. The second-order valence-corrected chi connectivity index (χ2v) is 5.53. The van der Waals surface area contributed by atoms with Crippen LogP contribution in [-0.2, 0) is 4.79 Å². The Labute approximate surface area is 103 Å². The minimum absolute atomic E-state index is 0.183. The summed E-state index contributed by atoms with van der Waals surface area (Å²) < 4.78 is 0. The Bertz CT molecular complexity index is 262. The van der Waals surface area contributed by atoms with Gasteiger partial charge in [0, 0.05) is 19.0 Å². The van der Waals surface area contributed by atoms with Gasteiger partial charge in [0.25, 0.3) is 0 Å². The molecule has 3 N–H and O–H groups in total. The van der Waals surface area contributed by atoms with Crippen molar-refractivity contribution in [3.8, 4) is 0 Å². The van der Waals surface area contributed by atoms with Crippen molar-refractivity contribution in [2.45, 2.75) is 44.6 Å². The van der Waals surface area contributed by atoms with E-state index in [2.05, 4.69) is 0 Å². The molecule has 1 amide bonds. The number of likely N-dealkylation sites (tertiary alicyclic amines) is 1. The first kappa shape index (κ1) is 12.8. The van der Waals surface area contributed by atoms with E-state index >= 15 is 0 Å². The van der Waals surface area contributed by atoms with Gasteiger partial charge in [-0.15, -0.1) is 0 Å². The van der Waals surface area contributed by atoms with Gasteiger partial charge < -0.3 is 15.7 Å². The molecule has 98 valence electrons. The minimum Gasteiger partial charge on any atom is -0.391 e. The molecule has 2 rings (SSSR count). The number of hydrogen-bond acceptors (Lipinski definition) is 3. The summed E-state index contributed by atoms with van der Waals surface area (Å²) in [6.45, 7) is 2.12. The number of aliphatic hydroxyl groups excluding tert-OH is 1. The summed E-state index contributed by atoms with van der Waals surface area (Å²) in [7, 11) is 0. The molecule has 1 heterocycles. The highest BCUT2D eigenvalue weighted by Crippen LogP contribution is 2.30. The first-order valence-corrected chi connectivity index (χ1v) is 6.87. The topological polar surface area (TPSA) is 66.6 Å². The maximum absolute atomic E-state index is 12.3. The van der Waals surface area contributed by atoms with Crippen LogP contribution < -0.4 is 5.73 Å². The minimum atomic E-state index is -0.312. The molecule has 0 aromatic heterocycles. The summed E-state index contributed by atoms with van der Waals surface area (Å²) in [4.78, 5) is 14.1. The van der Waals surface area contributed by atoms with Crippen molar-refractivity contribution in [1.29, 1.82) is 0 Å². The fraction of sp³-hybridized carbons (Fsp3) is 0.923. The van der Waals surface area contributed by atoms with Crippen LogP contribution in [0.4, 0.5) is 0 Å². The number of nitrogens with two attached hydrogens (primary N) is 1. The van der Waals surface area contributed by atoms with Crippen molar-refractivity contribution in [2.24, 2.45) is 17.6 Å². The second-order valence-electron chi connectivity index (χ2n) is 5.53. The van der Waals surface area contributed by atoms with Crippen LogP contribution in [0.1, 0.15) is 38.5 Å². The predicted molar refractivity (Wildman–Crippen MR) is 66.3 cm³/mol. The van der Waals surface area contributed by atoms with Crippen LogP contribution in [0.2, 0.25) is 0 Å². The summed E-state index contributed by atoms with van der Waals surface area (Å²) >= 11 is 0. The van der Waals surface area contributed by atoms with Gasteiger partial charge in [0.1, 0.15) is 0 Å². The molecular formula is C13H24N2O2. The lowest BCUT2D eigenvalue weighted by Crippen LogP contribution is -2.45. The highest BCUT2D eigenvalue weighted by molar-refractivity contribution is 5.79. The lowest BCUT2D eigenvalue weighted by molar-refractivity contribution is -0.139. The van der Waals surface area contributed by atoms with Gasteiger partial charge in [-0.3, -0.25) is 4.79 Å². The van der Waals surface area contributed by atoms with Gasteiger partial charge in [-0.2, -0.15) is 0 Å². The van der Waals surface area contributed by atoms with Crippen molar-refractivity contribution >= 4 is 5.91 Å². The van der Waals surface area contributed by atoms with Gasteiger partial charge in [-0.1, -0.05) is 0 Å². The van der Waals surface area contributed by atoms with Crippen LogP contribution in [0.15, 0.2) is 0 Å². The van der Waals surface area contributed by atoms with Crippen LogP contribution in [0, 0.1) is 11.8 Å². The number of carbonyl (C=O) groups excluding carboxylic acids is 1. The summed E-state index contributed by atoms with van der Waals surface area (Å²) in [6.07, 6.45) is 5.59. The number of hydrogen-bond donors (Lipinski definition) is 2. The number of carbonyl (C=O) groups is 1. The van der Waals surface area contributed by atoms with Gasteiger partial charge in [0.05, 0.1) is 6.10 Å². The predicted octanol–water partition coefficient (Wildman–Crippen LogP) is 0.735. The average Bonchev–Trinajstić information content (AvgIpc) is 2.38. The highest BCUT2D eigenvalue weighted by Gasteiger charge is 2.31. The van der Waals surface area contributed by atoms with Gasteiger partial charge in [-0.05, 0) is 51.0 Å². The van der Waals surface area contributed by atoms with Gasteiger partial charge in [-0.25, -0.2) is 0 Å².